The highest BCUT2D eigenvalue weighted by atomic mass is 16.5. The third kappa shape index (κ3) is 2.80. The predicted octanol–water partition coefficient (Wildman–Crippen LogP) is 3.44. The summed E-state index contributed by atoms with van der Waals surface area (Å²) in [6.07, 6.45) is 0. The van der Waals surface area contributed by atoms with Crippen LogP contribution >= 0.6 is 0 Å². The van der Waals surface area contributed by atoms with Gasteiger partial charge < -0.3 is 9.64 Å². The molecular weight excluding hydrogens is 224 g/mol. The molecule has 0 spiro atoms. The molecule has 0 radical (unpaired) electrons. The van der Waals surface area contributed by atoms with Gasteiger partial charge in [0.2, 0.25) is 0 Å². The van der Waals surface area contributed by atoms with Crippen molar-refractivity contribution in [1.29, 1.82) is 5.26 Å². The predicted molar refractivity (Wildman–Crippen MR) is 71.8 cm³/mol. The average molecular weight is 238 g/mol. The van der Waals surface area contributed by atoms with Crippen molar-refractivity contribution in [3.63, 3.8) is 0 Å². The fourth-order valence-electron chi connectivity index (χ4n) is 1.67. The van der Waals surface area contributed by atoms with Crippen LogP contribution in [-0.2, 0) is 0 Å². The minimum Gasteiger partial charge on any atom is -0.455 e. The van der Waals surface area contributed by atoms with E-state index < -0.39 is 0 Å². The van der Waals surface area contributed by atoms with E-state index in [1.807, 2.05) is 66.5 Å². The van der Waals surface area contributed by atoms with E-state index in [1.165, 1.54) is 0 Å². The Morgan fingerprint density at radius 1 is 1.06 bits per heavy atom. The summed E-state index contributed by atoms with van der Waals surface area (Å²) in [4.78, 5) is 1.86. The van der Waals surface area contributed by atoms with Crippen LogP contribution in [0.3, 0.4) is 0 Å². The minimum absolute atomic E-state index is 0.329. The van der Waals surface area contributed by atoms with Crippen LogP contribution in [-0.4, -0.2) is 13.6 Å². The first-order valence-corrected chi connectivity index (χ1v) is 5.71. The number of ether oxygens (including phenoxy) is 1. The van der Waals surface area contributed by atoms with Gasteiger partial charge in [0, 0.05) is 7.05 Å². The van der Waals surface area contributed by atoms with E-state index in [0.29, 0.717) is 6.54 Å². The summed E-state index contributed by atoms with van der Waals surface area (Å²) in [7, 11) is 1.87. The first-order chi connectivity index (χ1) is 8.81. The summed E-state index contributed by atoms with van der Waals surface area (Å²) in [5.74, 6) is 1.54. The summed E-state index contributed by atoms with van der Waals surface area (Å²) in [5.41, 5.74) is 0.905. The highest BCUT2D eigenvalue weighted by molar-refractivity contribution is 5.59. The number of para-hydroxylation sites is 3. The van der Waals surface area contributed by atoms with Gasteiger partial charge in [0.15, 0.2) is 5.75 Å². The molecule has 0 fully saturated rings. The fourth-order valence-corrected chi connectivity index (χ4v) is 1.67. The zero-order valence-corrected chi connectivity index (χ0v) is 10.2. The lowest BCUT2D eigenvalue weighted by molar-refractivity contribution is 0.482. The van der Waals surface area contributed by atoms with Gasteiger partial charge in [0.05, 0.1) is 11.8 Å². The summed E-state index contributed by atoms with van der Waals surface area (Å²) >= 11 is 0. The molecule has 90 valence electrons. The molecule has 0 aliphatic rings. The Balaban J connectivity index is 2.26. The van der Waals surface area contributed by atoms with E-state index in [2.05, 4.69) is 6.07 Å². The third-order valence-electron chi connectivity index (χ3n) is 2.56. The molecule has 0 heterocycles. The molecule has 3 heteroatoms. The minimum atomic E-state index is 0.329. The van der Waals surface area contributed by atoms with E-state index in [9.17, 15) is 0 Å². The topological polar surface area (TPSA) is 36.3 Å². The molecule has 0 aromatic heterocycles. The van der Waals surface area contributed by atoms with Gasteiger partial charge in [-0.05, 0) is 24.3 Å². The van der Waals surface area contributed by atoms with E-state index in [-0.39, 0.29) is 0 Å². The standard InChI is InChI=1S/C15H14N2O/c1-17(12-11-16)14-9-5-6-10-15(14)18-13-7-3-2-4-8-13/h2-10H,12H2,1H3. The fraction of sp³-hybridized carbons (Fsp3) is 0.133. The zero-order valence-electron chi connectivity index (χ0n) is 10.2. The Labute approximate surface area is 107 Å². The van der Waals surface area contributed by atoms with Gasteiger partial charge >= 0.3 is 0 Å². The molecule has 3 nitrogen and oxygen atoms in total. The van der Waals surface area contributed by atoms with Gasteiger partial charge in [0.1, 0.15) is 12.3 Å². The Morgan fingerprint density at radius 3 is 2.44 bits per heavy atom. The number of anilines is 1. The second-order valence-electron chi connectivity index (χ2n) is 3.90. The molecule has 0 aliphatic heterocycles. The average Bonchev–Trinajstić information content (AvgIpc) is 2.41. The summed E-state index contributed by atoms with van der Waals surface area (Å²) in [6, 6.07) is 19.4. The van der Waals surface area contributed by atoms with Crippen molar-refractivity contribution in [1.82, 2.24) is 0 Å². The van der Waals surface area contributed by atoms with Crippen LogP contribution in [0.4, 0.5) is 5.69 Å². The van der Waals surface area contributed by atoms with Crippen molar-refractivity contribution in [2.45, 2.75) is 0 Å². The van der Waals surface area contributed by atoms with E-state index in [4.69, 9.17) is 10.00 Å². The lowest BCUT2D eigenvalue weighted by atomic mass is 10.2. The van der Waals surface area contributed by atoms with Gasteiger partial charge in [-0.1, -0.05) is 30.3 Å². The van der Waals surface area contributed by atoms with Crippen molar-refractivity contribution in [3.05, 3.63) is 54.6 Å². The van der Waals surface area contributed by atoms with Gasteiger partial charge in [0.25, 0.3) is 0 Å². The molecule has 2 rings (SSSR count). The van der Waals surface area contributed by atoms with Crippen LogP contribution in [0.5, 0.6) is 11.5 Å². The molecule has 0 N–H and O–H groups in total. The Morgan fingerprint density at radius 2 is 1.72 bits per heavy atom. The zero-order chi connectivity index (χ0) is 12.8. The van der Waals surface area contributed by atoms with E-state index in [1.54, 1.807) is 0 Å². The second-order valence-corrected chi connectivity index (χ2v) is 3.90. The molecule has 0 aliphatic carbocycles. The van der Waals surface area contributed by atoms with Crippen molar-refractivity contribution in [2.75, 3.05) is 18.5 Å². The monoisotopic (exact) mass is 238 g/mol. The maximum absolute atomic E-state index is 8.75. The Bertz CT molecular complexity index is 546. The highest BCUT2D eigenvalue weighted by Crippen LogP contribution is 2.31. The number of hydrogen-bond acceptors (Lipinski definition) is 3. The maximum Gasteiger partial charge on any atom is 0.150 e. The van der Waals surface area contributed by atoms with Gasteiger partial charge in [-0.3, -0.25) is 0 Å². The van der Waals surface area contributed by atoms with Crippen LogP contribution in [0.1, 0.15) is 0 Å². The van der Waals surface area contributed by atoms with Crippen LogP contribution in [0, 0.1) is 11.3 Å². The molecular formula is C15H14N2O. The molecule has 0 bridgehead atoms. The molecule has 0 atom stereocenters. The van der Waals surface area contributed by atoms with Gasteiger partial charge in [-0.25, -0.2) is 0 Å². The van der Waals surface area contributed by atoms with Crippen molar-refractivity contribution >= 4 is 5.69 Å². The normalized spacial score (nSPS) is 9.56. The van der Waals surface area contributed by atoms with Gasteiger partial charge in [-0.2, -0.15) is 5.26 Å². The number of benzene rings is 2. The van der Waals surface area contributed by atoms with E-state index >= 15 is 0 Å². The number of nitrogens with zero attached hydrogens (tertiary/aromatic N) is 2. The van der Waals surface area contributed by atoms with Crippen LogP contribution in [0.2, 0.25) is 0 Å². The lowest BCUT2D eigenvalue weighted by Gasteiger charge is -2.19. The highest BCUT2D eigenvalue weighted by Gasteiger charge is 2.08. The molecule has 0 saturated carbocycles. The van der Waals surface area contributed by atoms with Crippen LogP contribution < -0.4 is 9.64 Å². The summed E-state index contributed by atoms with van der Waals surface area (Å²) < 4.78 is 5.83. The smallest absolute Gasteiger partial charge is 0.150 e. The number of hydrogen-bond donors (Lipinski definition) is 0. The first-order valence-electron chi connectivity index (χ1n) is 5.71. The van der Waals surface area contributed by atoms with Crippen molar-refractivity contribution in [3.8, 4) is 17.6 Å². The Kier molecular flexibility index (Phi) is 3.83. The van der Waals surface area contributed by atoms with Gasteiger partial charge in [-0.15, -0.1) is 0 Å². The quantitative estimate of drug-likeness (QED) is 0.765. The SMILES string of the molecule is CN(CC#N)c1ccccc1Oc1ccccc1. The van der Waals surface area contributed by atoms with E-state index in [0.717, 1.165) is 17.2 Å². The third-order valence-corrected chi connectivity index (χ3v) is 2.56. The molecule has 0 amide bonds. The van der Waals surface area contributed by atoms with Crippen molar-refractivity contribution in [2.24, 2.45) is 0 Å². The summed E-state index contributed by atoms with van der Waals surface area (Å²) in [5, 5.41) is 8.75. The largest absolute Gasteiger partial charge is 0.455 e. The lowest BCUT2D eigenvalue weighted by Crippen LogP contribution is -2.17. The summed E-state index contributed by atoms with van der Waals surface area (Å²) in [6.45, 7) is 0.329. The maximum atomic E-state index is 8.75. The molecule has 18 heavy (non-hydrogen) atoms. The molecule has 0 saturated heterocycles. The number of rotatable bonds is 4. The second kappa shape index (κ2) is 5.74. The molecule has 0 unspecified atom stereocenters. The molecule has 2 aromatic carbocycles. The Hall–Kier alpha value is -2.47. The number of nitriles is 1. The van der Waals surface area contributed by atoms with Crippen LogP contribution in [0.25, 0.3) is 0 Å². The molecule has 2 aromatic rings. The first kappa shape index (κ1) is 12.0. The van der Waals surface area contributed by atoms with Crippen molar-refractivity contribution < 1.29 is 4.74 Å². The van der Waals surface area contributed by atoms with Crippen LogP contribution in [0.15, 0.2) is 54.6 Å².